The Hall–Kier alpha value is -2.24. The Morgan fingerprint density at radius 1 is 1.38 bits per heavy atom. The second-order valence-electron chi connectivity index (χ2n) is 6.10. The van der Waals surface area contributed by atoms with Crippen LogP contribution in [0.1, 0.15) is 12.5 Å². The van der Waals surface area contributed by atoms with E-state index >= 15 is 0 Å². The molecule has 1 aliphatic rings. The zero-order chi connectivity index (χ0) is 17.5. The number of hydrogen-bond acceptors (Lipinski definition) is 4. The molecule has 1 fully saturated rings. The molecule has 6 nitrogen and oxygen atoms in total. The summed E-state index contributed by atoms with van der Waals surface area (Å²) >= 11 is 0. The third-order valence-electron chi connectivity index (χ3n) is 4.36. The SMILES string of the molecule is CN=C(NCCOc1ccccc1C)N1CC(C)C(C(=O)OC)C1. The lowest BCUT2D eigenvalue weighted by molar-refractivity contribution is -0.145. The number of aryl methyl sites for hydroxylation is 1. The fraction of sp³-hybridized carbons (Fsp3) is 0.556. The smallest absolute Gasteiger partial charge is 0.310 e. The van der Waals surface area contributed by atoms with Crippen LogP contribution in [0.5, 0.6) is 5.75 Å². The van der Waals surface area contributed by atoms with Crippen LogP contribution < -0.4 is 10.1 Å². The summed E-state index contributed by atoms with van der Waals surface area (Å²) in [6, 6.07) is 7.95. The number of likely N-dealkylation sites (tertiary alicyclic amines) is 1. The first-order chi connectivity index (χ1) is 11.6. The van der Waals surface area contributed by atoms with Gasteiger partial charge in [0.2, 0.25) is 0 Å². The van der Waals surface area contributed by atoms with Gasteiger partial charge in [0.15, 0.2) is 5.96 Å². The van der Waals surface area contributed by atoms with Crippen molar-refractivity contribution in [1.29, 1.82) is 0 Å². The van der Waals surface area contributed by atoms with E-state index < -0.39 is 0 Å². The third-order valence-corrected chi connectivity index (χ3v) is 4.36. The highest BCUT2D eigenvalue weighted by Crippen LogP contribution is 2.24. The minimum atomic E-state index is -0.150. The van der Waals surface area contributed by atoms with Crippen molar-refractivity contribution in [3.05, 3.63) is 29.8 Å². The van der Waals surface area contributed by atoms with Gasteiger partial charge in [-0.15, -0.1) is 0 Å². The number of ether oxygens (including phenoxy) is 2. The van der Waals surface area contributed by atoms with Crippen molar-refractivity contribution in [1.82, 2.24) is 10.2 Å². The number of benzene rings is 1. The van der Waals surface area contributed by atoms with Crippen LogP contribution >= 0.6 is 0 Å². The Morgan fingerprint density at radius 3 is 2.79 bits per heavy atom. The number of methoxy groups -OCH3 is 1. The van der Waals surface area contributed by atoms with Crippen molar-refractivity contribution >= 4 is 11.9 Å². The predicted octanol–water partition coefficient (Wildman–Crippen LogP) is 1.69. The summed E-state index contributed by atoms with van der Waals surface area (Å²) in [5, 5.41) is 3.30. The van der Waals surface area contributed by atoms with Crippen molar-refractivity contribution in [3.63, 3.8) is 0 Å². The average molecular weight is 333 g/mol. The molecule has 1 saturated heterocycles. The molecular weight excluding hydrogens is 306 g/mol. The summed E-state index contributed by atoms with van der Waals surface area (Å²) in [5.41, 5.74) is 1.12. The summed E-state index contributed by atoms with van der Waals surface area (Å²) in [6.07, 6.45) is 0. The maximum absolute atomic E-state index is 11.8. The first kappa shape index (κ1) is 18.1. The Labute approximate surface area is 143 Å². The molecule has 1 aromatic carbocycles. The van der Waals surface area contributed by atoms with Gasteiger partial charge in [0, 0.05) is 20.1 Å². The van der Waals surface area contributed by atoms with E-state index in [-0.39, 0.29) is 17.8 Å². The van der Waals surface area contributed by atoms with E-state index in [1.807, 2.05) is 31.2 Å². The van der Waals surface area contributed by atoms with Gasteiger partial charge in [0.1, 0.15) is 12.4 Å². The van der Waals surface area contributed by atoms with E-state index in [0.29, 0.717) is 19.7 Å². The number of nitrogens with one attached hydrogen (secondary N) is 1. The number of carbonyl (C=O) groups excluding carboxylic acids is 1. The van der Waals surface area contributed by atoms with Crippen LogP contribution in [0.2, 0.25) is 0 Å². The van der Waals surface area contributed by atoms with Gasteiger partial charge in [-0.25, -0.2) is 0 Å². The highest BCUT2D eigenvalue weighted by Gasteiger charge is 2.36. The average Bonchev–Trinajstić information content (AvgIpc) is 2.97. The molecule has 0 aliphatic carbocycles. The molecule has 24 heavy (non-hydrogen) atoms. The summed E-state index contributed by atoms with van der Waals surface area (Å²) < 4.78 is 10.7. The molecular formula is C18H27N3O3. The van der Waals surface area contributed by atoms with E-state index in [1.165, 1.54) is 7.11 Å². The monoisotopic (exact) mass is 333 g/mol. The van der Waals surface area contributed by atoms with Gasteiger partial charge in [-0.1, -0.05) is 25.1 Å². The van der Waals surface area contributed by atoms with E-state index in [1.54, 1.807) is 7.05 Å². The topological polar surface area (TPSA) is 63.2 Å². The number of para-hydroxylation sites is 1. The van der Waals surface area contributed by atoms with Crippen LogP contribution in [-0.4, -0.2) is 57.2 Å². The molecule has 1 aliphatic heterocycles. The zero-order valence-electron chi connectivity index (χ0n) is 14.9. The molecule has 0 aromatic heterocycles. The van der Waals surface area contributed by atoms with Crippen LogP contribution in [0.15, 0.2) is 29.3 Å². The van der Waals surface area contributed by atoms with Gasteiger partial charge in [-0.3, -0.25) is 9.79 Å². The van der Waals surface area contributed by atoms with Gasteiger partial charge in [-0.05, 0) is 24.5 Å². The molecule has 0 radical (unpaired) electrons. The normalized spacial score (nSPS) is 20.8. The molecule has 2 rings (SSSR count). The number of nitrogens with zero attached hydrogens (tertiary/aromatic N) is 2. The van der Waals surface area contributed by atoms with Crippen LogP contribution in [0.25, 0.3) is 0 Å². The molecule has 0 amide bonds. The maximum atomic E-state index is 11.8. The van der Waals surface area contributed by atoms with Gasteiger partial charge in [0.05, 0.1) is 19.6 Å². The van der Waals surface area contributed by atoms with Crippen molar-refractivity contribution in [2.45, 2.75) is 13.8 Å². The van der Waals surface area contributed by atoms with E-state index in [2.05, 4.69) is 22.1 Å². The highest BCUT2D eigenvalue weighted by molar-refractivity contribution is 5.82. The van der Waals surface area contributed by atoms with Crippen molar-refractivity contribution in [3.8, 4) is 5.75 Å². The standard InChI is InChI=1S/C18H27N3O3/c1-13-7-5-6-8-16(13)24-10-9-20-18(19-3)21-11-14(2)15(12-21)17(22)23-4/h5-8,14-15H,9-12H2,1-4H3,(H,19,20). The molecule has 0 saturated carbocycles. The Kier molecular flexibility index (Phi) is 6.46. The number of guanidine groups is 1. The highest BCUT2D eigenvalue weighted by atomic mass is 16.5. The summed E-state index contributed by atoms with van der Waals surface area (Å²) in [5.74, 6) is 1.69. The molecule has 0 bridgehead atoms. The fourth-order valence-electron chi connectivity index (χ4n) is 2.97. The van der Waals surface area contributed by atoms with Gasteiger partial charge in [-0.2, -0.15) is 0 Å². The van der Waals surface area contributed by atoms with Crippen LogP contribution in [0.4, 0.5) is 0 Å². The predicted molar refractivity (Wildman–Crippen MR) is 94.3 cm³/mol. The minimum Gasteiger partial charge on any atom is -0.491 e. The van der Waals surface area contributed by atoms with Gasteiger partial charge >= 0.3 is 5.97 Å². The Bertz CT molecular complexity index is 589. The minimum absolute atomic E-state index is 0.100. The molecule has 1 aromatic rings. The first-order valence-electron chi connectivity index (χ1n) is 8.28. The van der Waals surface area contributed by atoms with E-state index in [0.717, 1.165) is 23.8 Å². The first-order valence-corrected chi connectivity index (χ1v) is 8.28. The molecule has 1 heterocycles. The quantitative estimate of drug-likeness (QED) is 0.384. The summed E-state index contributed by atoms with van der Waals surface area (Å²) in [6.45, 7) is 6.71. The molecule has 0 spiro atoms. The van der Waals surface area contributed by atoms with Crippen molar-refractivity contribution in [2.24, 2.45) is 16.8 Å². The summed E-state index contributed by atoms with van der Waals surface area (Å²) in [7, 11) is 3.19. The lowest BCUT2D eigenvalue weighted by atomic mass is 9.99. The second kappa shape index (κ2) is 8.57. The van der Waals surface area contributed by atoms with Gasteiger partial charge < -0.3 is 19.7 Å². The van der Waals surface area contributed by atoms with Crippen molar-refractivity contribution in [2.75, 3.05) is 40.4 Å². The fourth-order valence-corrected chi connectivity index (χ4v) is 2.97. The molecule has 2 unspecified atom stereocenters. The van der Waals surface area contributed by atoms with E-state index in [9.17, 15) is 4.79 Å². The second-order valence-corrected chi connectivity index (χ2v) is 6.10. The number of hydrogen-bond donors (Lipinski definition) is 1. The summed E-state index contributed by atoms with van der Waals surface area (Å²) in [4.78, 5) is 18.2. The number of aliphatic imine (C=N–C) groups is 1. The van der Waals surface area contributed by atoms with Gasteiger partial charge in [0.25, 0.3) is 0 Å². The lowest BCUT2D eigenvalue weighted by Crippen LogP contribution is -2.42. The largest absolute Gasteiger partial charge is 0.491 e. The Balaban J connectivity index is 1.81. The molecule has 6 heteroatoms. The van der Waals surface area contributed by atoms with Crippen LogP contribution in [0.3, 0.4) is 0 Å². The third kappa shape index (κ3) is 4.40. The maximum Gasteiger partial charge on any atom is 0.310 e. The lowest BCUT2D eigenvalue weighted by Gasteiger charge is -2.21. The number of rotatable bonds is 5. The van der Waals surface area contributed by atoms with E-state index in [4.69, 9.17) is 9.47 Å². The van der Waals surface area contributed by atoms with Crippen LogP contribution in [-0.2, 0) is 9.53 Å². The van der Waals surface area contributed by atoms with Crippen molar-refractivity contribution < 1.29 is 14.3 Å². The molecule has 132 valence electrons. The number of esters is 1. The molecule has 2 atom stereocenters. The number of carbonyl (C=O) groups is 1. The van der Waals surface area contributed by atoms with Crippen LogP contribution in [0, 0.1) is 18.8 Å². The Morgan fingerprint density at radius 2 is 2.12 bits per heavy atom. The zero-order valence-corrected chi connectivity index (χ0v) is 14.9. The molecule has 1 N–H and O–H groups in total.